The maximum atomic E-state index is 5.43. The van der Waals surface area contributed by atoms with Gasteiger partial charge in [0.1, 0.15) is 0 Å². The summed E-state index contributed by atoms with van der Waals surface area (Å²) >= 11 is 0. The molecule has 2 saturated carbocycles. The summed E-state index contributed by atoms with van der Waals surface area (Å²) in [5.41, 5.74) is 0. The highest BCUT2D eigenvalue weighted by atomic mass is 16.5. The van der Waals surface area contributed by atoms with Crippen LogP contribution in [0.4, 0.5) is 0 Å². The molecule has 0 bridgehead atoms. The largest absolute Gasteiger partial charge is 0.377 e. The maximum Gasteiger partial charge on any atom is 0.0726 e. The molecule has 2 rings (SSSR count). The molecule has 0 spiro atoms. The fourth-order valence-electron chi connectivity index (χ4n) is 1.70. The highest BCUT2D eigenvalue weighted by Gasteiger charge is 2.37. The normalized spacial score (nSPS) is 34.4. The standard InChI is InChI=1S/C14H18O2/c1-3-15-13-9-11(13)7-5-6-8-12-10-14(12)16-4-2/h11-14H,3-4,9-10H2,1-2H3/t11-,12+,13-,14+. The van der Waals surface area contributed by atoms with E-state index in [0.717, 1.165) is 26.1 Å². The third kappa shape index (κ3) is 3.27. The van der Waals surface area contributed by atoms with Crippen molar-refractivity contribution in [2.75, 3.05) is 13.2 Å². The van der Waals surface area contributed by atoms with Gasteiger partial charge < -0.3 is 9.47 Å². The van der Waals surface area contributed by atoms with Crippen LogP contribution >= 0.6 is 0 Å². The van der Waals surface area contributed by atoms with Gasteiger partial charge in [-0.15, -0.1) is 0 Å². The summed E-state index contributed by atoms with van der Waals surface area (Å²) in [6.07, 6.45) is 2.90. The minimum absolute atomic E-state index is 0.372. The first kappa shape index (κ1) is 11.5. The van der Waals surface area contributed by atoms with Gasteiger partial charge in [-0.05, 0) is 38.5 Å². The summed E-state index contributed by atoms with van der Waals surface area (Å²) < 4.78 is 10.9. The van der Waals surface area contributed by atoms with E-state index in [4.69, 9.17) is 9.47 Å². The summed E-state index contributed by atoms with van der Waals surface area (Å²) in [6.45, 7) is 5.60. The molecule has 0 aromatic heterocycles. The van der Waals surface area contributed by atoms with Gasteiger partial charge in [0.2, 0.25) is 0 Å². The van der Waals surface area contributed by atoms with E-state index in [9.17, 15) is 0 Å². The lowest BCUT2D eigenvalue weighted by atomic mass is 10.4. The minimum Gasteiger partial charge on any atom is -0.377 e. The summed E-state index contributed by atoms with van der Waals surface area (Å²) in [4.78, 5) is 0. The van der Waals surface area contributed by atoms with E-state index in [1.807, 2.05) is 13.8 Å². The van der Waals surface area contributed by atoms with Gasteiger partial charge in [-0.3, -0.25) is 0 Å². The molecule has 2 nitrogen and oxygen atoms in total. The van der Waals surface area contributed by atoms with Gasteiger partial charge in [-0.2, -0.15) is 0 Å². The third-order valence-electron chi connectivity index (χ3n) is 2.80. The van der Waals surface area contributed by atoms with Gasteiger partial charge in [0.25, 0.3) is 0 Å². The molecule has 0 unspecified atom stereocenters. The third-order valence-corrected chi connectivity index (χ3v) is 2.80. The topological polar surface area (TPSA) is 18.5 Å². The molecule has 4 atom stereocenters. The van der Waals surface area contributed by atoms with E-state index < -0.39 is 0 Å². The molecular formula is C14H18O2. The fraction of sp³-hybridized carbons (Fsp3) is 0.714. The molecule has 2 fully saturated rings. The minimum atomic E-state index is 0.372. The molecule has 0 radical (unpaired) electrons. The lowest BCUT2D eigenvalue weighted by molar-refractivity contribution is 0.126. The van der Waals surface area contributed by atoms with Gasteiger partial charge in [0, 0.05) is 13.2 Å². The Bertz CT molecular complexity index is 316. The molecule has 86 valence electrons. The highest BCUT2D eigenvalue weighted by molar-refractivity contribution is 5.32. The van der Waals surface area contributed by atoms with E-state index in [1.165, 1.54) is 0 Å². The molecule has 2 heteroatoms. The number of ether oxygens (including phenoxy) is 2. The Balaban J connectivity index is 1.65. The zero-order chi connectivity index (χ0) is 11.4. The number of rotatable bonds is 4. The second-order valence-electron chi connectivity index (χ2n) is 4.21. The van der Waals surface area contributed by atoms with E-state index in [2.05, 4.69) is 23.7 Å². The van der Waals surface area contributed by atoms with Crippen LogP contribution in [0.3, 0.4) is 0 Å². The van der Waals surface area contributed by atoms with Crippen molar-refractivity contribution >= 4 is 0 Å². The average Bonchev–Trinajstić information content (AvgIpc) is 3.14. The van der Waals surface area contributed by atoms with E-state index in [1.54, 1.807) is 0 Å². The first-order valence-corrected chi connectivity index (χ1v) is 6.09. The molecule has 0 saturated heterocycles. The Morgan fingerprint density at radius 3 is 1.69 bits per heavy atom. The van der Waals surface area contributed by atoms with E-state index in [0.29, 0.717) is 24.0 Å². The lowest BCUT2D eigenvalue weighted by Gasteiger charge is -1.92. The van der Waals surface area contributed by atoms with Crippen LogP contribution in [-0.2, 0) is 9.47 Å². The van der Waals surface area contributed by atoms with Crippen LogP contribution < -0.4 is 0 Å². The Kier molecular flexibility index (Phi) is 3.88. The van der Waals surface area contributed by atoms with Gasteiger partial charge in [0.05, 0.1) is 24.0 Å². The predicted octanol–water partition coefficient (Wildman–Crippen LogP) is 1.84. The summed E-state index contributed by atoms with van der Waals surface area (Å²) in [6, 6.07) is 0. The highest BCUT2D eigenvalue weighted by Crippen LogP contribution is 2.33. The molecule has 0 amide bonds. The molecule has 0 aromatic carbocycles. The summed E-state index contributed by atoms with van der Waals surface area (Å²) in [7, 11) is 0. The van der Waals surface area contributed by atoms with Crippen LogP contribution in [0.2, 0.25) is 0 Å². The Morgan fingerprint density at radius 1 is 0.875 bits per heavy atom. The van der Waals surface area contributed by atoms with Gasteiger partial charge in [0.15, 0.2) is 0 Å². The van der Waals surface area contributed by atoms with Gasteiger partial charge in [-0.25, -0.2) is 0 Å². The number of hydrogen-bond donors (Lipinski definition) is 0. The van der Waals surface area contributed by atoms with E-state index >= 15 is 0 Å². The maximum absolute atomic E-state index is 5.43. The SMILES string of the molecule is CCO[C@H]1C[C@@H]1C#CC#C[C@@H]1C[C@H]1OCC. The van der Waals surface area contributed by atoms with Gasteiger partial charge in [-0.1, -0.05) is 11.8 Å². The van der Waals surface area contributed by atoms with Crippen molar-refractivity contribution in [3.8, 4) is 23.7 Å². The van der Waals surface area contributed by atoms with Crippen molar-refractivity contribution in [1.29, 1.82) is 0 Å². The molecule has 0 aromatic rings. The quantitative estimate of drug-likeness (QED) is 0.670. The summed E-state index contributed by atoms with van der Waals surface area (Å²) in [5.74, 6) is 13.0. The Morgan fingerprint density at radius 2 is 1.31 bits per heavy atom. The van der Waals surface area contributed by atoms with Crippen LogP contribution in [0, 0.1) is 35.5 Å². The molecule has 0 heterocycles. The van der Waals surface area contributed by atoms with Crippen molar-refractivity contribution in [1.82, 2.24) is 0 Å². The molecule has 2 aliphatic carbocycles. The van der Waals surface area contributed by atoms with Crippen LogP contribution in [-0.4, -0.2) is 25.4 Å². The fourth-order valence-corrected chi connectivity index (χ4v) is 1.70. The predicted molar refractivity (Wildman–Crippen MR) is 62.6 cm³/mol. The van der Waals surface area contributed by atoms with Gasteiger partial charge >= 0.3 is 0 Å². The van der Waals surface area contributed by atoms with Crippen LogP contribution in [0.1, 0.15) is 26.7 Å². The van der Waals surface area contributed by atoms with Crippen molar-refractivity contribution in [3.63, 3.8) is 0 Å². The second-order valence-corrected chi connectivity index (χ2v) is 4.21. The first-order valence-electron chi connectivity index (χ1n) is 6.09. The first-order chi connectivity index (χ1) is 7.85. The smallest absolute Gasteiger partial charge is 0.0726 e. The molecule has 0 N–H and O–H groups in total. The van der Waals surface area contributed by atoms with Crippen molar-refractivity contribution in [2.24, 2.45) is 11.8 Å². The second kappa shape index (κ2) is 5.39. The van der Waals surface area contributed by atoms with Crippen LogP contribution in [0.15, 0.2) is 0 Å². The van der Waals surface area contributed by atoms with Crippen molar-refractivity contribution < 1.29 is 9.47 Å². The van der Waals surface area contributed by atoms with E-state index in [-0.39, 0.29) is 0 Å². The molecule has 16 heavy (non-hydrogen) atoms. The van der Waals surface area contributed by atoms with Crippen LogP contribution in [0.25, 0.3) is 0 Å². The zero-order valence-corrected chi connectivity index (χ0v) is 9.95. The Labute approximate surface area is 97.7 Å². The Hall–Kier alpha value is -0.960. The monoisotopic (exact) mass is 218 g/mol. The summed E-state index contributed by atoms with van der Waals surface area (Å²) in [5, 5.41) is 0. The average molecular weight is 218 g/mol. The molecule has 0 aliphatic heterocycles. The lowest BCUT2D eigenvalue weighted by Crippen LogP contribution is -1.94. The van der Waals surface area contributed by atoms with Crippen molar-refractivity contribution in [2.45, 2.75) is 38.9 Å². The van der Waals surface area contributed by atoms with Crippen molar-refractivity contribution in [3.05, 3.63) is 0 Å². The van der Waals surface area contributed by atoms with Crippen LogP contribution in [0.5, 0.6) is 0 Å². The zero-order valence-electron chi connectivity index (χ0n) is 9.95. The number of hydrogen-bond acceptors (Lipinski definition) is 2. The molecular weight excluding hydrogens is 200 g/mol. The molecule has 2 aliphatic rings.